The van der Waals surface area contributed by atoms with Crippen LogP contribution in [0.25, 0.3) is 0 Å². The first-order chi connectivity index (χ1) is 9.85. The van der Waals surface area contributed by atoms with Gasteiger partial charge in [0.05, 0.1) is 23.5 Å². The van der Waals surface area contributed by atoms with E-state index in [0.29, 0.717) is 5.69 Å². The summed E-state index contributed by atoms with van der Waals surface area (Å²) in [5.74, 6) is 0. The molecule has 2 rings (SSSR count). The lowest BCUT2D eigenvalue weighted by Crippen LogP contribution is -2.14. The molecule has 0 aliphatic heterocycles. The molecule has 1 aromatic heterocycles. The van der Waals surface area contributed by atoms with E-state index in [1.807, 2.05) is 0 Å². The Kier molecular flexibility index (Phi) is 4.73. The largest absolute Gasteiger partial charge is 0.392 e. The minimum absolute atomic E-state index is 0.0995. The summed E-state index contributed by atoms with van der Waals surface area (Å²) in [4.78, 5) is 3.85. The summed E-state index contributed by atoms with van der Waals surface area (Å²) < 4.78 is 27.1. The van der Waals surface area contributed by atoms with Gasteiger partial charge in [-0.1, -0.05) is 23.2 Å². The number of anilines is 1. The number of aryl methyl sites for hydroxylation is 1. The first kappa shape index (κ1) is 16.0. The summed E-state index contributed by atoms with van der Waals surface area (Å²) in [6, 6.07) is 5.94. The summed E-state index contributed by atoms with van der Waals surface area (Å²) in [5, 5.41) is 9.32. The Morgan fingerprint density at radius 1 is 1.24 bits per heavy atom. The fraction of sp³-hybridized carbons (Fsp3) is 0.154. The first-order valence-corrected chi connectivity index (χ1v) is 8.12. The molecule has 0 amide bonds. The van der Waals surface area contributed by atoms with Crippen LogP contribution in [0.4, 0.5) is 5.69 Å². The van der Waals surface area contributed by atoms with Gasteiger partial charge in [-0.25, -0.2) is 8.42 Å². The predicted molar refractivity (Wildman–Crippen MR) is 82.2 cm³/mol. The second-order valence-corrected chi connectivity index (χ2v) is 6.73. The first-order valence-electron chi connectivity index (χ1n) is 5.88. The van der Waals surface area contributed by atoms with Gasteiger partial charge in [0.2, 0.25) is 0 Å². The number of halogens is 2. The molecule has 21 heavy (non-hydrogen) atoms. The molecule has 0 atom stereocenters. The SMILES string of the molecule is Cc1ccc(NS(=O)(=O)c2ccc(Cl)c(CO)c2Cl)cn1. The van der Waals surface area contributed by atoms with Crippen LogP contribution in [0.3, 0.4) is 0 Å². The van der Waals surface area contributed by atoms with Crippen molar-refractivity contribution in [3.8, 4) is 0 Å². The molecular weight excluding hydrogens is 335 g/mol. The Hall–Kier alpha value is -1.34. The maximum absolute atomic E-state index is 12.3. The highest BCUT2D eigenvalue weighted by Crippen LogP contribution is 2.31. The molecular formula is C13H12Cl2N2O3S. The summed E-state index contributed by atoms with van der Waals surface area (Å²) in [7, 11) is -3.90. The van der Waals surface area contributed by atoms with E-state index in [0.717, 1.165) is 5.69 Å². The Morgan fingerprint density at radius 2 is 1.95 bits per heavy atom. The number of sulfonamides is 1. The van der Waals surface area contributed by atoms with E-state index >= 15 is 0 Å². The second kappa shape index (κ2) is 6.19. The molecule has 2 aromatic rings. The van der Waals surface area contributed by atoms with Crippen molar-refractivity contribution in [3.63, 3.8) is 0 Å². The molecule has 2 N–H and O–H groups in total. The van der Waals surface area contributed by atoms with Gasteiger partial charge in [0.25, 0.3) is 10.0 Å². The maximum Gasteiger partial charge on any atom is 0.263 e. The van der Waals surface area contributed by atoms with Gasteiger partial charge in [0.15, 0.2) is 0 Å². The molecule has 0 saturated carbocycles. The summed E-state index contributed by atoms with van der Waals surface area (Å²) >= 11 is 11.9. The van der Waals surface area contributed by atoms with Crippen molar-refractivity contribution in [3.05, 3.63) is 51.8 Å². The summed E-state index contributed by atoms with van der Waals surface area (Å²) in [6.07, 6.45) is 1.41. The van der Waals surface area contributed by atoms with Crippen molar-refractivity contribution >= 4 is 38.9 Å². The number of hydrogen-bond acceptors (Lipinski definition) is 4. The van der Waals surface area contributed by atoms with Gasteiger partial charge in [-0.15, -0.1) is 0 Å². The monoisotopic (exact) mass is 346 g/mol. The topological polar surface area (TPSA) is 79.3 Å². The van der Waals surface area contributed by atoms with E-state index in [1.54, 1.807) is 19.1 Å². The average molecular weight is 347 g/mol. The van der Waals surface area contributed by atoms with Gasteiger partial charge in [0, 0.05) is 16.3 Å². The highest BCUT2D eigenvalue weighted by molar-refractivity contribution is 7.92. The molecule has 5 nitrogen and oxygen atoms in total. The fourth-order valence-electron chi connectivity index (χ4n) is 1.67. The van der Waals surface area contributed by atoms with Crippen molar-refractivity contribution in [1.29, 1.82) is 0 Å². The zero-order valence-corrected chi connectivity index (χ0v) is 13.3. The van der Waals surface area contributed by atoms with E-state index in [4.69, 9.17) is 23.2 Å². The number of aliphatic hydroxyl groups excluding tert-OH is 1. The van der Waals surface area contributed by atoms with E-state index in [2.05, 4.69) is 9.71 Å². The molecule has 0 aliphatic carbocycles. The van der Waals surface area contributed by atoms with Gasteiger partial charge in [0.1, 0.15) is 4.90 Å². The Bertz CT molecular complexity index is 762. The lowest BCUT2D eigenvalue weighted by atomic mass is 10.2. The van der Waals surface area contributed by atoms with Gasteiger partial charge in [-0.2, -0.15) is 0 Å². The minimum Gasteiger partial charge on any atom is -0.392 e. The lowest BCUT2D eigenvalue weighted by molar-refractivity contribution is 0.282. The van der Waals surface area contributed by atoms with Crippen LogP contribution in [0, 0.1) is 6.92 Å². The quantitative estimate of drug-likeness (QED) is 0.891. The van der Waals surface area contributed by atoms with Gasteiger partial charge < -0.3 is 5.11 Å². The zero-order valence-electron chi connectivity index (χ0n) is 11.0. The fourth-order valence-corrected chi connectivity index (χ4v) is 3.61. The number of hydrogen-bond donors (Lipinski definition) is 2. The number of rotatable bonds is 4. The Balaban J connectivity index is 2.42. The van der Waals surface area contributed by atoms with E-state index in [-0.39, 0.29) is 20.5 Å². The summed E-state index contributed by atoms with van der Waals surface area (Å²) in [5.41, 5.74) is 1.26. The second-order valence-electron chi connectivity index (χ2n) is 4.29. The number of benzene rings is 1. The summed E-state index contributed by atoms with van der Waals surface area (Å²) in [6.45, 7) is 1.34. The number of aliphatic hydroxyl groups is 1. The van der Waals surface area contributed by atoms with Crippen LogP contribution in [0.1, 0.15) is 11.3 Å². The molecule has 0 unspecified atom stereocenters. The lowest BCUT2D eigenvalue weighted by Gasteiger charge is -2.12. The number of pyridine rings is 1. The smallest absolute Gasteiger partial charge is 0.263 e. The molecule has 0 bridgehead atoms. The van der Waals surface area contributed by atoms with E-state index < -0.39 is 16.6 Å². The molecule has 8 heteroatoms. The highest BCUT2D eigenvalue weighted by atomic mass is 35.5. The van der Waals surface area contributed by atoms with Crippen LogP contribution in [0.2, 0.25) is 10.0 Å². The molecule has 0 spiro atoms. The number of nitrogens with zero attached hydrogens (tertiary/aromatic N) is 1. The van der Waals surface area contributed by atoms with Crippen LogP contribution in [0.5, 0.6) is 0 Å². The minimum atomic E-state index is -3.90. The van der Waals surface area contributed by atoms with Crippen molar-refractivity contribution in [2.45, 2.75) is 18.4 Å². The van der Waals surface area contributed by atoms with Crippen LogP contribution in [-0.2, 0) is 16.6 Å². The molecule has 0 radical (unpaired) electrons. The third kappa shape index (κ3) is 3.47. The predicted octanol–water partition coefficient (Wildman–Crippen LogP) is 2.99. The van der Waals surface area contributed by atoms with E-state index in [1.165, 1.54) is 18.3 Å². The van der Waals surface area contributed by atoms with Gasteiger partial charge in [-0.3, -0.25) is 9.71 Å². The third-order valence-corrected chi connectivity index (χ3v) is 5.08. The highest BCUT2D eigenvalue weighted by Gasteiger charge is 2.21. The molecule has 1 heterocycles. The zero-order chi connectivity index (χ0) is 15.6. The molecule has 0 aliphatic rings. The van der Waals surface area contributed by atoms with Crippen LogP contribution in [-0.4, -0.2) is 18.5 Å². The van der Waals surface area contributed by atoms with Crippen LogP contribution >= 0.6 is 23.2 Å². The molecule has 1 aromatic carbocycles. The number of nitrogens with one attached hydrogen (secondary N) is 1. The number of aromatic nitrogens is 1. The Morgan fingerprint density at radius 3 is 2.52 bits per heavy atom. The third-order valence-electron chi connectivity index (χ3n) is 2.76. The van der Waals surface area contributed by atoms with Crippen LogP contribution in [0.15, 0.2) is 35.4 Å². The van der Waals surface area contributed by atoms with Crippen LogP contribution < -0.4 is 4.72 Å². The standard InChI is InChI=1S/C13H12Cl2N2O3S/c1-8-2-3-9(6-16-8)17-21(19,20)12-5-4-11(14)10(7-18)13(12)15/h2-6,17-18H,7H2,1H3. The van der Waals surface area contributed by atoms with Gasteiger partial charge >= 0.3 is 0 Å². The molecule has 112 valence electrons. The van der Waals surface area contributed by atoms with E-state index in [9.17, 15) is 13.5 Å². The van der Waals surface area contributed by atoms with Gasteiger partial charge in [-0.05, 0) is 31.2 Å². The van der Waals surface area contributed by atoms with Crippen molar-refractivity contribution in [1.82, 2.24) is 4.98 Å². The molecule has 0 fully saturated rings. The van der Waals surface area contributed by atoms with Crippen molar-refractivity contribution in [2.24, 2.45) is 0 Å². The Labute approximate surface area is 132 Å². The van der Waals surface area contributed by atoms with Crippen molar-refractivity contribution in [2.75, 3.05) is 4.72 Å². The normalized spacial score (nSPS) is 11.4. The van der Waals surface area contributed by atoms with Crippen molar-refractivity contribution < 1.29 is 13.5 Å². The maximum atomic E-state index is 12.3. The average Bonchev–Trinajstić information content (AvgIpc) is 2.41. The molecule has 0 saturated heterocycles.